The van der Waals surface area contributed by atoms with Crippen molar-refractivity contribution >= 4 is 34.5 Å². The van der Waals surface area contributed by atoms with Crippen molar-refractivity contribution in [2.45, 2.75) is 6.42 Å². The van der Waals surface area contributed by atoms with Crippen molar-refractivity contribution in [3.05, 3.63) is 82.4 Å². The van der Waals surface area contributed by atoms with Crippen LogP contribution in [0.5, 0.6) is 0 Å². The highest BCUT2D eigenvalue weighted by Crippen LogP contribution is 2.22. The van der Waals surface area contributed by atoms with Crippen LogP contribution < -0.4 is 5.32 Å². The Morgan fingerprint density at radius 3 is 2.46 bits per heavy atom. The molecule has 0 atom stereocenters. The lowest BCUT2D eigenvalue weighted by Crippen LogP contribution is -2.26. The molecule has 0 heterocycles. The number of rotatable bonds is 5. The molecule has 1 amide bonds. The van der Waals surface area contributed by atoms with Gasteiger partial charge < -0.3 is 10.7 Å². The van der Waals surface area contributed by atoms with E-state index in [0.717, 1.165) is 21.9 Å². The second-order valence-electron chi connectivity index (χ2n) is 5.49. The van der Waals surface area contributed by atoms with Crippen LogP contribution in [-0.2, 0) is 6.42 Å². The van der Waals surface area contributed by atoms with Gasteiger partial charge in [-0.25, -0.2) is 0 Å². The standard InChI is InChI=1S/C20H17ClN2O/c21-19-8-4-1-5-14(19)11-12-23-20(24)18-10-9-15(13-22)16-6-2-3-7-17(16)18/h1-10,13,22H,11-12H2,(H,23,24). The Hall–Kier alpha value is -2.65. The molecule has 2 N–H and O–H groups in total. The third-order valence-electron chi connectivity index (χ3n) is 4.00. The van der Waals surface area contributed by atoms with Gasteiger partial charge in [0.2, 0.25) is 0 Å². The first-order valence-corrected chi connectivity index (χ1v) is 8.12. The van der Waals surface area contributed by atoms with E-state index in [0.29, 0.717) is 23.6 Å². The van der Waals surface area contributed by atoms with Crippen LogP contribution in [0.1, 0.15) is 21.5 Å². The summed E-state index contributed by atoms with van der Waals surface area (Å²) in [6, 6.07) is 18.9. The summed E-state index contributed by atoms with van der Waals surface area (Å²) in [7, 11) is 0. The van der Waals surface area contributed by atoms with Crippen molar-refractivity contribution in [2.75, 3.05) is 6.54 Å². The summed E-state index contributed by atoms with van der Waals surface area (Å²) >= 11 is 6.13. The minimum absolute atomic E-state index is 0.116. The van der Waals surface area contributed by atoms with Gasteiger partial charge >= 0.3 is 0 Å². The van der Waals surface area contributed by atoms with Gasteiger partial charge in [-0.05, 0) is 40.5 Å². The van der Waals surface area contributed by atoms with E-state index in [2.05, 4.69) is 5.32 Å². The molecule has 120 valence electrons. The molecule has 24 heavy (non-hydrogen) atoms. The van der Waals surface area contributed by atoms with Gasteiger partial charge in [0.25, 0.3) is 5.91 Å². The lowest BCUT2D eigenvalue weighted by atomic mass is 9.99. The largest absolute Gasteiger partial charge is 0.352 e. The Labute approximate surface area is 145 Å². The minimum atomic E-state index is -0.116. The fourth-order valence-electron chi connectivity index (χ4n) is 2.75. The summed E-state index contributed by atoms with van der Waals surface area (Å²) in [6.45, 7) is 0.517. The van der Waals surface area contributed by atoms with E-state index in [-0.39, 0.29) is 5.91 Å². The van der Waals surface area contributed by atoms with E-state index in [9.17, 15) is 4.79 Å². The summed E-state index contributed by atoms with van der Waals surface area (Å²) in [6.07, 6.45) is 1.99. The number of hydrogen-bond donors (Lipinski definition) is 2. The number of carbonyl (C=O) groups excluding carboxylic acids is 1. The van der Waals surface area contributed by atoms with Crippen molar-refractivity contribution in [1.82, 2.24) is 5.32 Å². The van der Waals surface area contributed by atoms with Crippen LogP contribution in [0.2, 0.25) is 5.02 Å². The third kappa shape index (κ3) is 3.31. The molecule has 0 fully saturated rings. The van der Waals surface area contributed by atoms with Crippen LogP contribution in [0, 0.1) is 5.41 Å². The van der Waals surface area contributed by atoms with E-state index >= 15 is 0 Å². The minimum Gasteiger partial charge on any atom is -0.352 e. The third-order valence-corrected chi connectivity index (χ3v) is 4.36. The highest BCUT2D eigenvalue weighted by Gasteiger charge is 2.11. The molecular formula is C20H17ClN2O. The van der Waals surface area contributed by atoms with Crippen molar-refractivity contribution in [3.63, 3.8) is 0 Å². The van der Waals surface area contributed by atoms with Crippen molar-refractivity contribution < 1.29 is 4.79 Å². The maximum Gasteiger partial charge on any atom is 0.251 e. The zero-order valence-corrected chi connectivity index (χ0v) is 13.8. The number of nitrogens with one attached hydrogen (secondary N) is 2. The Morgan fingerprint density at radius 1 is 1.00 bits per heavy atom. The monoisotopic (exact) mass is 336 g/mol. The first-order valence-electron chi connectivity index (χ1n) is 7.74. The Balaban J connectivity index is 1.77. The van der Waals surface area contributed by atoms with Gasteiger partial charge in [0, 0.05) is 23.3 Å². The number of halogens is 1. The van der Waals surface area contributed by atoms with E-state index in [1.807, 2.05) is 48.5 Å². The summed E-state index contributed by atoms with van der Waals surface area (Å²) in [5, 5.41) is 12.9. The lowest BCUT2D eigenvalue weighted by Gasteiger charge is -2.10. The molecule has 0 aliphatic rings. The molecule has 0 bridgehead atoms. The smallest absolute Gasteiger partial charge is 0.251 e. The zero-order valence-electron chi connectivity index (χ0n) is 13.1. The molecule has 0 aromatic heterocycles. The summed E-state index contributed by atoms with van der Waals surface area (Å²) in [4.78, 5) is 12.5. The first kappa shape index (κ1) is 16.2. The molecule has 0 saturated heterocycles. The average molecular weight is 337 g/mol. The quantitative estimate of drug-likeness (QED) is 0.664. The molecular weight excluding hydrogens is 320 g/mol. The second-order valence-corrected chi connectivity index (χ2v) is 5.90. The van der Waals surface area contributed by atoms with Crippen molar-refractivity contribution in [3.8, 4) is 0 Å². The van der Waals surface area contributed by atoms with E-state index < -0.39 is 0 Å². The number of carbonyl (C=O) groups is 1. The number of fused-ring (bicyclic) bond motifs is 1. The Bertz CT molecular complexity index is 905. The molecule has 3 nitrogen and oxygen atoms in total. The normalized spacial score (nSPS) is 10.5. The highest BCUT2D eigenvalue weighted by atomic mass is 35.5. The van der Waals surface area contributed by atoms with E-state index in [4.69, 9.17) is 17.0 Å². The fourth-order valence-corrected chi connectivity index (χ4v) is 2.98. The van der Waals surface area contributed by atoms with Gasteiger partial charge in [-0.2, -0.15) is 0 Å². The molecule has 3 aromatic rings. The predicted molar refractivity (Wildman–Crippen MR) is 99.3 cm³/mol. The van der Waals surface area contributed by atoms with Gasteiger partial charge in [0.1, 0.15) is 0 Å². The molecule has 4 heteroatoms. The van der Waals surface area contributed by atoms with Gasteiger partial charge in [-0.15, -0.1) is 0 Å². The molecule has 0 aliphatic carbocycles. The van der Waals surface area contributed by atoms with Crippen LogP contribution in [0.25, 0.3) is 10.8 Å². The van der Waals surface area contributed by atoms with Gasteiger partial charge in [-0.3, -0.25) is 4.79 Å². The highest BCUT2D eigenvalue weighted by molar-refractivity contribution is 6.31. The van der Waals surface area contributed by atoms with Gasteiger partial charge in [0.15, 0.2) is 0 Å². The van der Waals surface area contributed by atoms with Crippen LogP contribution in [0.4, 0.5) is 0 Å². The lowest BCUT2D eigenvalue weighted by molar-refractivity contribution is 0.0956. The van der Waals surface area contributed by atoms with Crippen molar-refractivity contribution in [2.24, 2.45) is 0 Å². The summed E-state index contributed by atoms with van der Waals surface area (Å²) in [5.41, 5.74) is 2.44. The Morgan fingerprint density at radius 2 is 1.71 bits per heavy atom. The Kier molecular flexibility index (Phi) is 4.92. The van der Waals surface area contributed by atoms with Crippen LogP contribution in [0.15, 0.2) is 60.7 Å². The summed E-state index contributed by atoms with van der Waals surface area (Å²) in [5.74, 6) is -0.116. The van der Waals surface area contributed by atoms with Gasteiger partial charge in [-0.1, -0.05) is 60.1 Å². The van der Waals surface area contributed by atoms with E-state index in [1.165, 1.54) is 6.21 Å². The molecule has 0 aliphatic heterocycles. The fraction of sp³-hybridized carbons (Fsp3) is 0.100. The first-order chi connectivity index (χ1) is 11.7. The number of benzene rings is 3. The predicted octanol–water partition coefficient (Wildman–Crippen LogP) is 4.46. The van der Waals surface area contributed by atoms with Crippen LogP contribution >= 0.6 is 11.6 Å². The van der Waals surface area contributed by atoms with Crippen LogP contribution in [-0.4, -0.2) is 18.7 Å². The topological polar surface area (TPSA) is 53.0 Å². The SMILES string of the molecule is N=Cc1ccc(C(=O)NCCc2ccccc2Cl)c2ccccc12. The average Bonchev–Trinajstić information content (AvgIpc) is 2.62. The van der Waals surface area contributed by atoms with Crippen LogP contribution in [0.3, 0.4) is 0 Å². The number of amides is 1. The number of hydrogen-bond acceptors (Lipinski definition) is 2. The van der Waals surface area contributed by atoms with E-state index in [1.54, 1.807) is 12.1 Å². The molecule has 3 rings (SSSR count). The maximum atomic E-state index is 12.5. The molecule has 0 unspecified atom stereocenters. The zero-order chi connectivity index (χ0) is 16.9. The maximum absolute atomic E-state index is 12.5. The second kappa shape index (κ2) is 7.28. The molecule has 0 spiro atoms. The molecule has 0 saturated carbocycles. The van der Waals surface area contributed by atoms with Crippen molar-refractivity contribution in [1.29, 1.82) is 5.41 Å². The summed E-state index contributed by atoms with van der Waals surface area (Å²) < 4.78 is 0. The molecule has 0 radical (unpaired) electrons. The molecule has 3 aromatic carbocycles. The van der Waals surface area contributed by atoms with Gasteiger partial charge in [0.05, 0.1) is 0 Å².